The van der Waals surface area contributed by atoms with Gasteiger partial charge in [0.15, 0.2) is 0 Å². The number of rotatable bonds is 8. The van der Waals surface area contributed by atoms with E-state index in [1.807, 2.05) is 37.3 Å². The van der Waals surface area contributed by atoms with Gasteiger partial charge in [0, 0.05) is 25.2 Å². The van der Waals surface area contributed by atoms with Gasteiger partial charge in [-0.15, -0.1) is 0 Å². The number of carbonyl (C=O) groups is 1. The van der Waals surface area contributed by atoms with E-state index in [9.17, 15) is 4.79 Å². The van der Waals surface area contributed by atoms with Crippen LogP contribution in [0.5, 0.6) is 11.6 Å². The van der Waals surface area contributed by atoms with Crippen LogP contribution < -0.4 is 19.7 Å². The maximum absolute atomic E-state index is 11.9. The standard InChI is InChI=1S/C21H26N4O4/c1-16-23-19(25-10-13-28-14-11-25)15-21(24-16)29-12-9-22-20(26)8-5-17-3-6-18(27-2)7-4-17/h3-8,15H,9-14H2,1-2H3,(H,22,26). The van der Waals surface area contributed by atoms with Gasteiger partial charge in [-0.3, -0.25) is 4.79 Å². The number of nitrogens with one attached hydrogen (secondary N) is 1. The van der Waals surface area contributed by atoms with E-state index in [0.29, 0.717) is 38.1 Å². The maximum Gasteiger partial charge on any atom is 0.244 e. The summed E-state index contributed by atoms with van der Waals surface area (Å²) in [6, 6.07) is 9.29. The van der Waals surface area contributed by atoms with Gasteiger partial charge in [0.05, 0.1) is 26.9 Å². The molecule has 3 rings (SSSR count). The van der Waals surface area contributed by atoms with Gasteiger partial charge in [-0.05, 0) is 30.7 Å². The number of aromatic nitrogens is 2. The van der Waals surface area contributed by atoms with E-state index in [1.165, 1.54) is 6.08 Å². The van der Waals surface area contributed by atoms with Crippen LogP contribution in [0.15, 0.2) is 36.4 Å². The molecule has 1 N–H and O–H groups in total. The highest BCUT2D eigenvalue weighted by molar-refractivity contribution is 5.91. The lowest BCUT2D eigenvalue weighted by Crippen LogP contribution is -2.37. The van der Waals surface area contributed by atoms with Gasteiger partial charge in [0.1, 0.15) is 24.0 Å². The molecule has 8 nitrogen and oxygen atoms in total. The van der Waals surface area contributed by atoms with E-state index in [1.54, 1.807) is 13.2 Å². The van der Waals surface area contributed by atoms with Crippen molar-refractivity contribution in [3.8, 4) is 11.6 Å². The zero-order chi connectivity index (χ0) is 20.5. The van der Waals surface area contributed by atoms with E-state index < -0.39 is 0 Å². The van der Waals surface area contributed by atoms with E-state index in [2.05, 4.69) is 20.2 Å². The number of nitrogens with zero attached hydrogens (tertiary/aromatic N) is 3. The molecule has 1 aromatic heterocycles. The molecule has 29 heavy (non-hydrogen) atoms. The smallest absolute Gasteiger partial charge is 0.244 e. The van der Waals surface area contributed by atoms with Crippen molar-refractivity contribution in [1.29, 1.82) is 0 Å². The topological polar surface area (TPSA) is 85.8 Å². The Morgan fingerprint density at radius 1 is 1.24 bits per heavy atom. The van der Waals surface area contributed by atoms with Crippen LogP contribution in [-0.4, -0.2) is 62.4 Å². The third kappa shape index (κ3) is 6.46. The summed E-state index contributed by atoms with van der Waals surface area (Å²) in [5.74, 6) is 2.58. The first-order valence-electron chi connectivity index (χ1n) is 9.55. The highest BCUT2D eigenvalue weighted by Gasteiger charge is 2.14. The van der Waals surface area contributed by atoms with Crippen LogP contribution >= 0.6 is 0 Å². The number of amides is 1. The first-order chi connectivity index (χ1) is 14.1. The average Bonchev–Trinajstić information content (AvgIpc) is 2.76. The molecule has 0 radical (unpaired) electrons. The van der Waals surface area contributed by atoms with Crippen LogP contribution in [0.25, 0.3) is 6.08 Å². The summed E-state index contributed by atoms with van der Waals surface area (Å²) in [6.45, 7) is 5.51. The molecule has 0 atom stereocenters. The molecular weight excluding hydrogens is 372 g/mol. The minimum absolute atomic E-state index is 0.183. The Labute approximate surface area is 170 Å². The predicted octanol–water partition coefficient (Wildman–Crippen LogP) is 1.84. The zero-order valence-corrected chi connectivity index (χ0v) is 16.8. The predicted molar refractivity (Wildman–Crippen MR) is 110 cm³/mol. The summed E-state index contributed by atoms with van der Waals surface area (Å²) in [6.07, 6.45) is 3.24. The molecule has 1 amide bonds. The second kappa shape index (κ2) is 10.4. The number of anilines is 1. The lowest BCUT2D eigenvalue weighted by Gasteiger charge is -2.28. The molecule has 0 bridgehead atoms. The lowest BCUT2D eigenvalue weighted by atomic mass is 10.2. The second-order valence-corrected chi connectivity index (χ2v) is 6.46. The Bertz CT molecular complexity index is 833. The van der Waals surface area contributed by atoms with Gasteiger partial charge in [-0.2, -0.15) is 4.98 Å². The Kier molecular flexibility index (Phi) is 7.40. The number of hydrogen-bond donors (Lipinski definition) is 1. The minimum Gasteiger partial charge on any atom is -0.497 e. The van der Waals surface area contributed by atoms with Crippen molar-refractivity contribution in [2.75, 3.05) is 51.5 Å². The van der Waals surface area contributed by atoms with Crippen molar-refractivity contribution in [2.24, 2.45) is 0 Å². The fourth-order valence-corrected chi connectivity index (χ4v) is 2.83. The van der Waals surface area contributed by atoms with E-state index in [4.69, 9.17) is 14.2 Å². The van der Waals surface area contributed by atoms with Gasteiger partial charge in [-0.1, -0.05) is 12.1 Å². The summed E-state index contributed by atoms with van der Waals surface area (Å²) in [5.41, 5.74) is 0.921. The average molecular weight is 398 g/mol. The molecule has 2 heterocycles. The summed E-state index contributed by atoms with van der Waals surface area (Å²) in [5, 5.41) is 2.79. The minimum atomic E-state index is -0.183. The fraction of sp³-hybridized carbons (Fsp3) is 0.381. The van der Waals surface area contributed by atoms with E-state index in [-0.39, 0.29) is 5.91 Å². The summed E-state index contributed by atoms with van der Waals surface area (Å²) >= 11 is 0. The Balaban J connectivity index is 1.44. The maximum atomic E-state index is 11.9. The van der Waals surface area contributed by atoms with Crippen LogP contribution in [0.4, 0.5) is 5.82 Å². The Morgan fingerprint density at radius 2 is 2.00 bits per heavy atom. The quantitative estimate of drug-likeness (QED) is 0.536. The van der Waals surface area contributed by atoms with Crippen molar-refractivity contribution >= 4 is 17.8 Å². The van der Waals surface area contributed by atoms with Gasteiger partial charge in [0.2, 0.25) is 11.8 Å². The van der Waals surface area contributed by atoms with Crippen LogP contribution in [0, 0.1) is 6.92 Å². The number of benzene rings is 1. The third-order valence-corrected chi connectivity index (χ3v) is 4.33. The second-order valence-electron chi connectivity index (χ2n) is 6.46. The molecule has 1 aromatic carbocycles. The van der Waals surface area contributed by atoms with E-state index >= 15 is 0 Å². The molecule has 2 aromatic rings. The highest BCUT2D eigenvalue weighted by atomic mass is 16.5. The molecular formula is C21H26N4O4. The van der Waals surface area contributed by atoms with Gasteiger partial charge >= 0.3 is 0 Å². The molecule has 1 saturated heterocycles. The fourth-order valence-electron chi connectivity index (χ4n) is 2.83. The van der Waals surface area contributed by atoms with Crippen molar-refractivity contribution < 1.29 is 19.0 Å². The summed E-state index contributed by atoms with van der Waals surface area (Å²) in [4.78, 5) is 22.9. The number of morpholine rings is 1. The number of ether oxygens (including phenoxy) is 3. The molecule has 0 spiro atoms. The molecule has 0 aliphatic carbocycles. The number of carbonyl (C=O) groups excluding carboxylic acids is 1. The van der Waals surface area contributed by atoms with Gasteiger partial charge < -0.3 is 24.4 Å². The normalized spacial score (nSPS) is 14.1. The molecule has 0 unspecified atom stereocenters. The van der Waals surface area contributed by atoms with Gasteiger partial charge in [0.25, 0.3) is 0 Å². The Hall–Kier alpha value is -3.13. The van der Waals surface area contributed by atoms with Crippen LogP contribution in [0.1, 0.15) is 11.4 Å². The summed E-state index contributed by atoms with van der Waals surface area (Å²) < 4.78 is 16.2. The first-order valence-corrected chi connectivity index (χ1v) is 9.55. The largest absolute Gasteiger partial charge is 0.497 e. The van der Waals surface area contributed by atoms with Gasteiger partial charge in [-0.25, -0.2) is 4.98 Å². The van der Waals surface area contributed by atoms with Crippen molar-refractivity contribution in [3.05, 3.63) is 47.8 Å². The van der Waals surface area contributed by atoms with E-state index in [0.717, 1.165) is 30.2 Å². The van der Waals surface area contributed by atoms with Crippen molar-refractivity contribution in [2.45, 2.75) is 6.92 Å². The number of methoxy groups -OCH3 is 1. The first kappa shape index (κ1) is 20.6. The monoisotopic (exact) mass is 398 g/mol. The van der Waals surface area contributed by atoms with Crippen LogP contribution in [-0.2, 0) is 9.53 Å². The molecule has 154 valence electrons. The molecule has 1 aliphatic heterocycles. The summed E-state index contributed by atoms with van der Waals surface area (Å²) in [7, 11) is 1.62. The number of hydrogen-bond acceptors (Lipinski definition) is 7. The van der Waals surface area contributed by atoms with Crippen molar-refractivity contribution in [1.82, 2.24) is 15.3 Å². The molecule has 1 aliphatic rings. The SMILES string of the molecule is COc1ccc(C=CC(=O)NCCOc2cc(N3CCOCC3)nc(C)n2)cc1. The zero-order valence-electron chi connectivity index (χ0n) is 16.8. The highest BCUT2D eigenvalue weighted by Crippen LogP contribution is 2.18. The number of aryl methyl sites for hydroxylation is 1. The third-order valence-electron chi connectivity index (χ3n) is 4.33. The van der Waals surface area contributed by atoms with Crippen LogP contribution in [0.3, 0.4) is 0 Å². The Morgan fingerprint density at radius 3 is 2.72 bits per heavy atom. The molecule has 0 saturated carbocycles. The molecule has 8 heteroatoms. The molecule has 1 fully saturated rings. The van der Waals surface area contributed by atoms with Crippen LogP contribution in [0.2, 0.25) is 0 Å². The lowest BCUT2D eigenvalue weighted by molar-refractivity contribution is -0.116. The van der Waals surface area contributed by atoms with Crippen molar-refractivity contribution in [3.63, 3.8) is 0 Å².